The van der Waals surface area contributed by atoms with Gasteiger partial charge >= 0.3 is 0 Å². The first kappa shape index (κ1) is 10.7. The number of thiazole rings is 1. The van der Waals surface area contributed by atoms with E-state index in [1.54, 1.807) is 0 Å². The predicted molar refractivity (Wildman–Crippen MR) is 75.6 cm³/mol. The second-order valence-electron chi connectivity index (χ2n) is 5.34. The average Bonchev–Trinajstić information content (AvgIpc) is 3.01. The van der Waals surface area contributed by atoms with E-state index in [1.807, 2.05) is 11.3 Å². The molecule has 3 aliphatic rings. The van der Waals surface area contributed by atoms with Crippen molar-refractivity contribution in [3.8, 4) is 0 Å². The lowest BCUT2D eigenvalue weighted by molar-refractivity contribution is 0.609. The number of fused-ring (bicyclic) bond motifs is 2. The maximum atomic E-state index is 6.19. The fourth-order valence-electron chi connectivity index (χ4n) is 3.20. The number of hydrogen-bond donors (Lipinski definition) is 1. The molecule has 2 nitrogen and oxygen atoms in total. The molecule has 4 rings (SSSR count). The summed E-state index contributed by atoms with van der Waals surface area (Å²) in [5.41, 5.74) is 8.95. The molecule has 2 atom stereocenters. The van der Waals surface area contributed by atoms with Gasteiger partial charge in [-0.25, -0.2) is 4.98 Å². The van der Waals surface area contributed by atoms with Gasteiger partial charge in [0.2, 0.25) is 0 Å². The van der Waals surface area contributed by atoms with Gasteiger partial charge in [0.05, 0.1) is 14.9 Å². The van der Waals surface area contributed by atoms with Crippen LogP contribution in [0.1, 0.15) is 36.6 Å². The minimum absolute atomic E-state index is 0.322. The Morgan fingerprint density at radius 1 is 1.33 bits per heavy atom. The van der Waals surface area contributed by atoms with Gasteiger partial charge in [0.1, 0.15) is 0 Å². The Balaban J connectivity index is 1.83. The summed E-state index contributed by atoms with van der Waals surface area (Å²) in [6.07, 6.45) is 13.5. The fraction of sp³-hybridized carbons (Fsp3) is 0.400. The largest absolute Gasteiger partial charge is 0.327 e. The highest BCUT2D eigenvalue weighted by atomic mass is 32.1. The van der Waals surface area contributed by atoms with Crippen molar-refractivity contribution in [2.45, 2.75) is 37.6 Å². The highest BCUT2D eigenvalue weighted by Crippen LogP contribution is 2.33. The van der Waals surface area contributed by atoms with Crippen molar-refractivity contribution in [1.82, 2.24) is 4.98 Å². The van der Waals surface area contributed by atoms with Gasteiger partial charge in [-0.05, 0) is 36.5 Å². The first-order chi connectivity index (χ1) is 8.83. The van der Waals surface area contributed by atoms with Crippen molar-refractivity contribution >= 4 is 23.0 Å². The monoisotopic (exact) mass is 256 g/mol. The van der Waals surface area contributed by atoms with Gasteiger partial charge in [-0.15, -0.1) is 11.3 Å². The summed E-state index contributed by atoms with van der Waals surface area (Å²) in [6.45, 7) is 0. The van der Waals surface area contributed by atoms with Crippen LogP contribution in [0.3, 0.4) is 0 Å². The van der Waals surface area contributed by atoms with Crippen LogP contribution in [0.15, 0.2) is 23.8 Å². The molecular formula is C15H16N2S. The van der Waals surface area contributed by atoms with Crippen LogP contribution in [0.25, 0.3) is 11.6 Å². The van der Waals surface area contributed by atoms with Crippen molar-refractivity contribution in [3.05, 3.63) is 38.7 Å². The standard InChI is InChI=1S/C15H16N2S/c16-12-7-3-6-11(12)15-17-14-10-5-2-1-4-9(10)8-13(14)18-15/h1-2,4,8,11-12H,3,5-7,16H2. The van der Waals surface area contributed by atoms with Crippen LogP contribution < -0.4 is 15.6 Å². The highest BCUT2D eigenvalue weighted by molar-refractivity contribution is 7.09. The summed E-state index contributed by atoms with van der Waals surface area (Å²) < 4.78 is 1.34. The van der Waals surface area contributed by atoms with Gasteiger partial charge in [-0.2, -0.15) is 0 Å². The number of allylic oxidation sites excluding steroid dienone is 4. The van der Waals surface area contributed by atoms with Crippen LogP contribution >= 0.6 is 11.3 Å². The zero-order valence-corrected chi connectivity index (χ0v) is 11.0. The zero-order valence-electron chi connectivity index (χ0n) is 10.2. The van der Waals surface area contributed by atoms with E-state index in [1.165, 1.54) is 38.9 Å². The molecule has 1 fully saturated rings. The second kappa shape index (κ2) is 3.90. The fourth-order valence-corrected chi connectivity index (χ4v) is 4.46. The summed E-state index contributed by atoms with van der Waals surface area (Å²) in [4.78, 5) is 4.90. The number of rotatable bonds is 1. The van der Waals surface area contributed by atoms with Gasteiger partial charge in [0.25, 0.3) is 0 Å². The summed E-state index contributed by atoms with van der Waals surface area (Å²) >= 11 is 1.85. The van der Waals surface area contributed by atoms with Crippen molar-refractivity contribution in [2.75, 3.05) is 0 Å². The highest BCUT2D eigenvalue weighted by Gasteiger charge is 2.28. The molecule has 0 saturated heterocycles. The van der Waals surface area contributed by atoms with E-state index >= 15 is 0 Å². The van der Waals surface area contributed by atoms with Crippen LogP contribution in [0.5, 0.6) is 0 Å². The number of hydrogen-bond acceptors (Lipinski definition) is 3. The van der Waals surface area contributed by atoms with E-state index in [2.05, 4.69) is 24.3 Å². The molecular weight excluding hydrogens is 240 g/mol. The Kier molecular flexibility index (Phi) is 2.32. The Morgan fingerprint density at radius 2 is 2.28 bits per heavy atom. The van der Waals surface area contributed by atoms with Crippen LogP contribution in [0, 0.1) is 0 Å². The minimum atomic E-state index is 0.322. The molecule has 0 aromatic carbocycles. The molecule has 0 spiro atoms. The molecule has 92 valence electrons. The lowest BCUT2D eigenvalue weighted by atomic mass is 10.0. The molecule has 1 heterocycles. The van der Waals surface area contributed by atoms with Crippen molar-refractivity contribution in [2.24, 2.45) is 5.73 Å². The zero-order chi connectivity index (χ0) is 12.1. The first-order valence-electron chi connectivity index (χ1n) is 6.67. The Labute approximate surface area is 110 Å². The van der Waals surface area contributed by atoms with Gasteiger partial charge in [0, 0.05) is 12.0 Å². The molecule has 18 heavy (non-hydrogen) atoms. The smallest absolute Gasteiger partial charge is 0.0985 e. The van der Waals surface area contributed by atoms with Crippen LogP contribution in [0.2, 0.25) is 0 Å². The maximum absolute atomic E-state index is 6.19. The normalized spacial score (nSPS) is 28.9. The van der Waals surface area contributed by atoms with Crippen molar-refractivity contribution < 1.29 is 0 Å². The Bertz CT molecular complexity index is 678. The minimum Gasteiger partial charge on any atom is -0.327 e. The lowest BCUT2D eigenvalue weighted by Crippen LogP contribution is -2.24. The second-order valence-corrected chi connectivity index (χ2v) is 6.41. The molecule has 0 amide bonds. The van der Waals surface area contributed by atoms with Crippen LogP contribution in [-0.2, 0) is 0 Å². The van der Waals surface area contributed by atoms with E-state index in [0.29, 0.717) is 12.0 Å². The van der Waals surface area contributed by atoms with Crippen LogP contribution in [0.4, 0.5) is 0 Å². The molecule has 1 saturated carbocycles. The summed E-state index contributed by atoms with van der Waals surface area (Å²) in [5.74, 6) is 0.501. The van der Waals surface area contributed by atoms with Gasteiger partial charge in [0.15, 0.2) is 0 Å². The first-order valence-corrected chi connectivity index (χ1v) is 7.49. The van der Waals surface area contributed by atoms with E-state index in [4.69, 9.17) is 10.7 Å². The molecule has 0 radical (unpaired) electrons. The quantitative estimate of drug-likeness (QED) is 0.828. The Hall–Kier alpha value is -1.19. The number of aromatic nitrogens is 1. The summed E-state index contributed by atoms with van der Waals surface area (Å²) in [7, 11) is 0. The summed E-state index contributed by atoms with van der Waals surface area (Å²) in [6, 6.07) is 0.322. The van der Waals surface area contributed by atoms with Gasteiger partial charge in [-0.3, -0.25) is 0 Å². The van der Waals surface area contributed by atoms with Crippen LogP contribution in [-0.4, -0.2) is 11.0 Å². The molecule has 2 unspecified atom stereocenters. The molecule has 2 N–H and O–H groups in total. The third-order valence-electron chi connectivity index (χ3n) is 4.21. The van der Waals surface area contributed by atoms with Gasteiger partial charge in [-0.1, -0.05) is 24.6 Å². The van der Waals surface area contributed by atoms with E-state index in [0.717, 1.165) is 12.8 Å². The van der Waals surface area contributed by atoms with E-state index < -0.39 is 0 Å². The molecule has 1 aromatic rings. The summed E-state index contributed by atoms with van der Waals surface area (Å²) in [5, 5.41) is 2.49. The van der Waals surface area contributed by atoms with Crippen molar-refractivity contribution in [3.63, 3.8) is 0 Å². The molecule has 0 bridgehead atoms. The third kappa shape index (κ3) is 1.47. The lowest BCUT2D eigenvalue weighted by Gasteiger charge is -2.11. The average molecular weight is 256 g/mol. The molecule has 1 aromatic heterocycles. The SMILES string of the molecule is NC1CCCC1c1nc2c(s1)=CC1=CC=CCC=21. The topological polar surface area (TPSA) is 38.9 Å². The van der Waals surface area contributed by atoms with Gasteiger partial charge < -0.3 is 5.73 Å². The Morgan fingerprint density at radius 3 is 3.11 bits per heavy atom. The molecule has 0 aliphatic heterocycles. The number of nitrogens with two attached hydrogens (primary N) is 1. The van der Waals surface area contributed by atoms with E-state index in [-0.39, 0.29) is 0 Å². The van der Waals surface area contributed by atoms with E-state index in [9.17, 15) is 0 Å². The predicted octanol–water partition coefficient (Wildman–Crippen LogP) is 1.57. The molecule has 3 aliphatic carbocycles. The van der Waals surface area contributed by atoms with Crippen molar-refractivity contribution in [1.29, 1.82) is 0 Å². The molecule has 3 heteroatoms. The maximum Gasteiger partial charge on any atom is 0.0985 e. The number of nitrogens with zero attached hydrogens (tertiary/aromatic N) is 1. The third-order valence-corrected chi connectivity index (χ3v) is 5.35.